The molecule has 38 heavy (non-hydrogen) atoms. The molecule has 1 saturated heterocycles. The van der Waals surface area contributed by atoms with Gasteiger partial charge in [0.1, 0.15) is 6.10 Å². The number of ether oxygens (including phenoxy) is 4. The smallest absolute Gasteiger partial charge is 0.308 e. The molecule has 3 aliphatic rings. The van der Waals surface area contributed by atoms with Crippen molar-refractivity contribution in [3.63, 3.8) is 0 Å². The molecule has 1 heterocycles. The third kappa shape index (κ3) is 5.62. The minimum absolute atomic E-state index is 0.0769. The SMILES string of the molecule is C=C/C(C)=C\C[C@]1(C)[C@H](C)C[C@H](O)C23C(=C[C@H](OC(=O)CCC)C[C@H]21)[C@@H](OC(=O)CCC)O[C@H]3OC(C)=O. The van der Waals surface area contributed by atoms with Gasteiger partial charge in [0.05, 0.1) is 11.5 Å². The van der Waals surface area contributed by atoms with Crippen molar-refractivity contribution >= 4 is 17.9 Å². The average molecular weight is 533 g/mol. The number of hydrogen-bond acceptors (Lipinski definition) is 8. The van der Waals surface area contributed by atoms with Crippen LogP contribution in [0.25, 0.3) is 0 Å². The maximum atomic E-state index is 12.6. The van der Waals surface area contributed by atoms with Gasteiger partial charge in [-0.05, 0) is 62.4 Å². The van der Waals surface area contributed by atoms with Crippen LogP contribution in [0.4, 0.5) is 0 Å². The Bertz CT molecular complexity index is 983. The Kier molecular flexibility index (Phi) is 9.63. The first kappa shape index (κ1) is 30.1. The van der Waals surface area contributed by atoms with Gasteiger partial charge in [-0.1, -0.05) is 52.0 Å². The Hall–Kier alpha value is -2.45. The van der Waals surface area contributed by atoms with Crippen LogP contribution in [-0.2, 0) is 33.3 Å². The van der Waals surface area contributed by atoms with Gasteiger partial charge < -0.3 is 19.3 Å². The number of carbonyl (C=O) groups excluding carboxylic acids is 3. The van der Waals surface area contributed by atoms with Crippen molar-refractivity contribution in [3.8, 4) is 0 Å². The molecule has 1 saturated carbocycles. The van der Waals surface area contributed by atoms with Gasteiger partial charge in [-0.25, -0.2) is 0 Å². The molecule has 8 heteroatoms. The molecule has 212 valence electrons. The van der Waals surface area contributed by atoms with Crippen molar-refractivity contribution in [2.45, 2.75) is 111 Å². The second-order valence-corrected chi connectivity index (χ2v) is 11.3. The van der Waals surface area contributed by atoms with E-state index in [1.54, 1.807) is 12.2 Å². The molecule has 1 unspecified atom stereocenters. The maximum Gasteiger partial charge on any atom is 0.308 e. The fourth-order valence-electron chi connectivity index (χ4n) is 6.53. The zero-order valence-corrected chi connectivity index (χ0v) is 23.7. The molecular weight excluding hydrogens is 488 g/mol. The summed E-state index contributed by atoms with van der Waals surface area (Å²) in [7, 11) is 0. The van der Waals surface area contributed by atoms with Gasteiger partial charge in [-0.15, -0.1) is 0 Å². The Morgan fingerprint density at radius 2 is 1.74 bits per heavy atom. The van der Waals surface area contributed by atoms with E-state index in [-0.39, 0.29) is 30.6 Å². The van der Waals surface area contributed by atoms with Crippen molar-refractivity contribution < 1.29 is 38.4 Å². The molecular formula is C30H44O8. The molecule has 8 atom stereocenters. The minimum Gasteiger partial charge on any atom is -0.458 e. The number of aliphatic hydroxyl groups is 1. The largest absolute Gasteiger partial charge is 0.458 e. The summed E-state index contributed by atoms with van der Waals surface area (Å²) in [5.41, 5.74) is -0.0219. The monoisotopic (exact) mass is 532 g/mol. The maximum absolute atomic E-state index is 12.6. The Morgan fingerprint density at radius 1 is 1.11 bits per heavy atom. The number of carbonyl (C=O) groups is 3. The fourth-order valence-corrected chi connectivity index (χ4v) is 6.53. The predicted octanol–water partition coefficient (Wildman–Crippen LogP) is 5.15. The van der Waals surface area contributed by atoms with E-state index < -0.39 is 47.6 Å². The van der Waals surface area contributed by atoms with Gasteiger partial charge in [-0.3, -0.25) is 19.1 Å². The first-order chi connectivity index (χ1) is 17.9. The molecule has 2 fully saturated rings. The van der Waals surface area contributed by atoms with Gasteiger partial charge >= 0.3 is 17.9 Å². The minimum atomic E-state index is -1.16. The van der Waals surface area contributed by atoms with Crippen molar-refractivity contribution in [1.29, 1.82) is 0 Å². The molecule has 0 radical (unpaired) electrons. The molecule has 2 aliphatic carbocycles. The van der Waals surface area contributed by atoms with Crippen LogP contribution in [0.15, 0.2) is 36.0 Å². The van der Waals surface area contributed by atoms with Crippen LogP contribution in [0.1, 0.15) is 86.5 Å². The summed E-state index contributed by atoms with van der Waals surface area (Å²) in [4.78, 5) is 37.4. The first-order valence-electron chi connectivity index (χ1n) is 13.8. The van der Waals surface area contributed by atoms with E-state index in [0.717, 1.165) is 5.57 Å². The highest BCUT2D eigenvalue weighted by atomic mass is 16.8. The molecule has 0 aromatic heterocycles. The van der Waals surface area contributed by atoms with E-state index in [2.05, 4.69) is 26.5 Å². The quantitative estimate of drug-likeness (QED) is 0.178. The van der Waals surface area contributed by atoms with E-state index in [9.17, 15) is 19.5 Å². The number of allylic oxidation sites excluding steroid dienone is 3. The standard InChI is InChI=1S/C30H44O8/c1-8-11-25(33)36-21-16-22-27(37-26(34)12-9-2)38-28(35-20(6)31)30(22)23(17-21)29(7,14-13-18(4)10-3)19(5)15-24(30)32/h10,13,16,19,21,23-24,27-28,32H,3,8-9,11-12,14-15,17H2,1-2,4-7H3/b18-13-/t19-,21+,23+,24+,27+,28-,29-,30?/m1/s1. The molecule has 1 N–H and O–H groups in total. The van der Waals surface area contributed by atoms with E-state index in [0.29, 0.717) is 37.7 Å². The molecule has 1 aliphatic heterocycles. The van der Waals surface area contributed by atoms with Crippen molar-refractivity contribution in [1.82, 2.24) is 0 Å². The molecule has 3 rings (SSSR count). The van der Waals surface area contributed by atoms with Crippen LogP contribution in [0.5, 0.6) is 0 Å². The molecule has 1 spiro atoms. The van der Waals surface area contributed by atoms with Crippen molar-refractivity contribution in [2.24, 2.45) is 22.7 Å². The summed E-state index contributed by atoms with van der Waals surface area (Å²) >= 11 is 0. The predicted molar refractivity (Wildman–Crippen MR) is 141 cm³/mol. The van der Waals surface area contributed by atoms with Crippen LogP contribution in [0.3, 0.4) is 0 Å². The van der Waals surface area contributed by atoms with E-state index in [1.165, 1.54) is 6.92 Å². The lowest BCUT2D eigenvalue weighted by Gasteiger charge is -2.60. The Morgan fingerprint density at radius 3 is 2.32 bits per heavy atom. The average Bonchev–Trinajstić information content (AvgIpc) is 3.13. The number of hydrogen-bond donors (Lipinski definition) is 1. The van der Waals surface area contributed by atoms with Crippen molar-refractivity contribution in [2.75, 3.05) is 0 Å². The highest BCUT2D eigenvalue weighted by Gasteiger charge is 2.71. The summed E-state index contributed by atoms with van der Waals surface area (Å²) in [5.74, 6) is -1.57. The lowest BCUT2D eigenvalue weighted by molar-refractivity contribution is -0.254. The molecule has 0 aromatic rings. The second kappa shape index (κ2) is 12.2. The summed E-state index contributed by atoms with van der Waals surface area (Å²) in [5, 5.41) is 11.8. The van der Waals surface area contributed by atoms with Crippen LogP contribution in [0, 0.1) is 22.7 Å². The summed E-state index contributed by atoms with van der Waals surface area (Å²) in [6.07, 6.45) is 5.06. The summed E-state index contributed by atoms with van der Waals surface area (Å²) in [6.45, 7) is 15.2. The Balaban J connectivity index is 2.20. The van der Waals surface area contributed by atoms with Crippen LogP contribution in [0.2, 0.25) is 0 Å². The van der Waals surface area contributed by atoms with Gasteiger partial charge in [-0.2, -0.15) is 0 Å². The first-order valence-corrected chi connectivity index (χ1v) is 13.8. The lowest BCUT2D eigenvalue weighted by Crippen LogP contribution is -2.63. The molecule has 8 nitrogen and oxygen atoms in total. The number of rotatable bonds is 10. The Labute approximate surface area is 226 Å². The third-order valence-electron chi connectivity index (χ3n) is 8.74. The number of aliphatic hydroxyl groups excluding tert-OH is 1. The highest BCUT2D eigenvalue weighted by molar-refractivity contribution is 5.70. The van der Waals surface area contributed by atoms with E-state index in [1.807, 2.05) is 20.8 Å². The van der Waals surface area contributed by atoms with Gasteiger partial charge in [0.25, 0.3) is 0 Å². The third-order valence-corrected chi connectivity index (χ3v) is 8.74. The van der Waals surface area contributed by atoms with Crippen LogP contribution >= 0.6 is 0 Å². The van der Waals surface area contributed by atoms with Gasteiger partial charge in [0.15, 0.2) is 0 Å². The molecule has 0 aromatic carbocycles. The molecule has 0 amide bonds. The fraction of sp³-hybridized carbons (Fsp3) is 0.700. The van der Waals surface area contributed by atoms with E-state index in [4.69, 9.17) is 18.9 Å². The van der Waals surface area contributed by atoms with Crippen molar-refractivity contribution in [3.05, 3.63) is 36.0 Å². The topological polar surface area (TPSA) is 108 Å². The van der Waals surface area contributed by atoms with Gasteiger partial charge in [0.2, 0.25) is 12.6 Å². The van der Waals surface area contributed by atoms with E-state index >= 15 is 0 Å². The highest BCUT2D eigenvalue weighted by Crippen LogP contribution is 2.67. The zero-order chi connectivity index (χ0) is 28.3. The summed E-state index contributed by atoms with van der Waals surface area (Å²) < 4.78 is 23.5. The molecule has 0 bridgehead atoms. The van der Waals surface area contributed by atoms with Gasteiger partial charge in [0, 0.05) is 25.3 Å². The normalized spacial score (nSPS) is 36.4. The lowest BCUT2D eigenvalue weighted by atomic mass is 9.45. The van der Waals surface area contributed by atoms with Crippen LogP contribution < -0.4 is 0 Å². The van der Waals surface area contributed by atoms with Crippen LogP contribution in [-0.4, -0.2) is 47.8 Å². The number of esters is 3. The zero-order valence-electron chi connectivity index (χ0n) is 23.7. The summed E-state index contributed by atoms with van der Waals surface area (Å²) in [6, 6.07) is 0. The second-order valence-electron chi connectivity index (χ2n) is 11.3.